The van der Waals surface area contributed by atoms with E-state index in [2.05, 4.69) is 32.6 Å². The molecule has 0 aliphatic rings. The maximum atomic E-state index is 4.42. The Balaban J connectivity index is 2.11. The second-order valence-corrected chi connectivity index (χ2v) is 4.42. The first kappa shape index (κ1) is 13.3. The van der Waals surface area contributed by atoms with Crippen LogP contribution >= 0.6 is 0 Å². The number of nitrogens with one attached hydrogen (secondary N) is 2. The van der Waals surface area contributed by atoms with E-state index in [0.29, 0.717) is 0 Å². The third-order valence-corrected chi connectivity index (χ3v) is 2.88. The molecular formula is C13H20N6. The van der Waals surface area contributed by atoms with Crippen molar-refractivity contribution in [3.8, 4) is 0 Å². The summed E-state index contributed by atoms with van der Waals surface area (Å²) in [5.41, 5.74) is 2.32. The van der Waals surface area contributed by atoms with Gasteiger partial charge in [-0.15, -0.1) is 0 Å². The molecule has 0 saturated carbocycles. The maximum Gasteiger partial charge on any atom is 0.132 e. The highest BCUT2D eigenvalue weighted by atomic mass is 15.3. The summed E-state index contributed by atoms with van der Waals surface area (Å²) in [6.45, 7) is 4.71. The highest BCUT2D eigenvalue weighted by Crippen LogP contribution is 2.13. The van der Waals surface area contributed by atoms with E-state index in [-0.39, 0.29) is 0 Å². The van der Waals surface area contributed by atoms with Crippen LogP contribution in [0.15, 0.2) is 12.3 Å². The molecule has 0 atom stereocenters. The minimum Gasteiger partial charge on any atom is -0.373 e. The summed E-state index contributed by atoms with van der Waals surface area (Å²) >= 11 is 0. The fourth-order valence-electron chi connectivity index (χ4n) is 2.00. The number of aryl methyl sites for hydroxylation is 3. The summed E-state index contributed by atoms with van der Waals surface area (Å²) in [5.74, 6) is 2.39. The Bertz CT molecular complexity index is 560. The second-order valence-electron chi connectivity index (χ2n) is 4.42. The number of rotatable bonds is 5. The van der Waals surface area contributed by atoms with Crippen LogP contribution in [0, 0.1) is 6.92 Å². The molecule has 0 bridgehead atoms. The highest BCUT2D eigenvalue weighted by Gasteiger charge is 2.06. The van der Waals surface area contributed by atoms with Gasteiger partial charge in [-0.25, -0.2) is 9.97 Å². The number of hydrogen-bond donors (Lipinski definition) is 2. The molecule has 0 aliphatic heterocycles. The molecule has 2 N–H and O–H groups in total. The zero-order valence-corrected chi connectivity index (χ0v) is 11.9. The third kappa shape index (κ3) is 3.21. The molecule has 0 radical (unpaired) electrons. The van der Waals surface area contributed by atoms with Gasteiger partial charge in [0.2, 0.25) is 0 Å². The molecular weight excluding hydrogens is 240 g/mol. The number of aromatic nitrogens is 4. The van der Waals surface area contributed by atoms with E-state index in [1.807, 2.05) is 38.0 Å². The van der Waals surface area contributed by atoms with Crippen LogP contribution in [-0.4, -0.2) is 26.8 Å². The Morgan fingerprint density at radius 1 is 1.26 bits per heavy atom. The van der Waals surface area contributed by atoms with E-state index in [1.54, 1.807) is 0 Å². The van der Waals surface area contributed by atoms with E-state index in [9.17, 15) is 0 Å². The van der Waals surface area contributed by atoms with Gasteiger partial charge in [-0.05, 0) is 13.3 Å². The molecule has 2 aromatic rings. The lowest BCUT2D eigenvalue weighted by molar-refractivity contribution is 0.746. The summed E-state index contributed by atoms with van der Waals surface area (Å²) < 4.78 is 1.85. The van der Waals surface area contributed by atoms with Gasteiger partial charge in [0.1, 0.15) is 17.5 Å². The van der Waals surface area contributed by atoms with Crippen LogP contribution in [0.25, 0.3) is 0 Å². The number of nitrogens with zero attached hydrogens (tertiary/aromatic N) is 4. The Kier molecular flexibility index (Phi) is 3.99. The lowest BCUT2D eigenvalue weighted by Gasteiger charge is -2.08. The van der Waals surface area contributed by atoms with Gasteiger partial charge in [0.25, 0.3) is 0 Å². The van der Waals surface area contributed by atoms with E-state index < -0.39 is 0 Å². The first-order chi connectivity index (χ1) is 9.12. The third-order valence-electron chi connectivity index (χ3n) is 2.88. The molecule has 6 heteroatoms. The normalized spacial score (nSPS) is 10.5. The van der Waals surface area contributed by atoms with Crippen LogP contribution in [0.4, 0.5) is 11.6 Å². The van der Waals surface area contributed by atoms with Gasteiger partial charge < -0.3 is 10.6 Å². The Hall–Kier alpha value is -2.11. The standard InChI is InChI=1S/C13H20N6/c1-5-11-10(8-19(4)18-11)7-15-13-6-12(14-3)16-9(2)17-13/h6,8H,5,7H2,1-4H3,(H2,14,15,16,17). The predicted octanol–water partition coefficient (Wildman–Crippen LogP) is 1.73. The zero-order chi connectivity index (χ0) is 13.8. The summed E-state index contributed by atoms with van der Waals surface area (Å²) in [7, 11) is 3.79. The molecule has 0 spiro atoms. The van der Waals surface area contributed by atoms with Gasteiger partial charge in [0, 0.05) is 38.5 Å². The molecule has 0 aliphatic carbocycles. The molecule has 2 heterocycles. The summed E-state index contributed by atoms with van der Waals surface area (Å²) in [4.78, 5) is 8.64. The van der Waals surface area contributed by atoms with Crippen molar-refractivity contribution in [2.45, 2.75) is 26.8 Å². The first-order valence-electron chi connectivity index (χ1n) is 6.41. The van der Waals surface area contributed by atoms with Crippen molar-refractivity contribution < 1.29 is 0 Å². The van der Waals surface area contributed by atoms with Crippen molar-refractivity contribution in [1.82, 2.24) is 19.7 Å². The molecule has 0 fully saturated rings. The highest BCUT2D eigenvalue weighted by molar-refractivity contribution is 5.47. The van der Waals surface area contributed by atoms with Gasteiger partial charge in [0.15, 0.2) is 0 Å². The molecule has 0 saturated heterocycles. The lowest BCUT2D eigenvalue weighted by atomic mass is 10.2. The van der Waals surface area contributed by atoms with Crippen molar-refractivity contribution in [1.29, 1.82) is 0 Å². The Morgan fingerprint density at radius 2 is 2.00 bits per heavy atom. The van der Waals surface area contributed by atoms with Crippen molar-refractivity contribution in [3.63, 3.8) is 0 Å². The van der Waals surface area contributed by atoms with Crippen LogP contribution < -0.4 is 10.6 Å². The van der Waals surface area contributed by atoms with Gasteiger partial charge >= 0.3 is 0 Å². The average Bonchev–Trinajstić information content (AvgIpc) is 2.76. The largest absolute Gasteiger partial charge is 0.373 e. The van der Waals surface area contributed by atoms with Crippen LogP contribution in [-0.2, 0) is 20.0 Å². The smallest absolute Gasteiger partial charge is 0.132 e. The van der Waals surface area contributed by atoms with Gasteiger partial charge in [-0.2, -0.15) is 5.10 Å². The first-order valence-corrected chi connectivity index (χ1v) is 6.41. The lowest BCUT2D eigenvalue weighted by Crippen LogP contribution is -2.05. The van der Waals surface area contributed by atoms with E-state index in [1.165, 1.54) is 5.56 Å². The monoisotopic (exact) mass is 260 g/mol. The van der Waals surface area contributed by atoms with Crippen LogP contribution in [0.2, 0.25) is 0 Å². The average molecular weight is 260 g/mol. The topological polar surface area (TPSA) is 67.7 Å². The molecule has 0 aromatic carbocycles. The summed E-state index contributed by atoms with van der Waals surface area (Å²) in [6.07, 6.45) is 2.97. The molecule has 0 unspecified atom stereocenters. The zero-order valence-electron chi connectivity index (χ0n) is 11.9. The van der Waals surface area contributed by atoms with Crippen LogP contribution in [0.5, 0.6) is 0 Å². The molecule has 0 amide bonds. The van der Waals surface area contributed by atoms with Gasteiger partial charge in [-0.3, -0.25) is 4.68 Å². The van der Waals surface area contributed by atoms with Gasteiger partial charge in [-0.1, -0.05) is 6.92 Å². The quantitative estimate of drug-likeness (QED) is 0.857. The molecule has 6 nitrogen and oxygen atoms in total. The molecule has 2 rings (SSSR count). The minimum absolute atomic E-state index is 0.719. The summed E-state index contributed by atoms with van der Waals surface area (Å²) in [6, 6.07) is 1.90. The van der Waals surface area contributed by atoms with Crippen molar-refractivity contribution in [2.75, 3.05) is 17.7 Å². The Labute approximate surface area is 113 Å². The molecule has 2 aromatic heterocycles. The SMILES string of the molecule is CCc1nn(C)cc1CNc1cc(NC)nc(C)n1. The van der Waals surface area contributed by atoms with E-state index in [0.717, 1.165) is 36.1 Å². The van der Waals surface area contributed by atoms with Crippen molar-refractivity contribution in [3.05, 3.63) is 29.3 Å². The number of hydrogen-bond acceptors (Lipinski definition) is 5. The maximum absolute atomic E-state index is 4.42. The Morgan fingerprint density at radius 3 is 2.68 bits per heavy atom. The molecule has 19 heavy (non-hydrogen) atoms. The summed E-state index contributed by atoms with van der Waals surface area (Å²) in [5, 5.41) is 10.8. The molecule has 102 valence electrons. The van der Waals surface area contributed by atoms with E-state index in [4.69, 9.17) is 0 Å². The van der Waals surface area contributed by atoms with Gasteiger partial charge in [0.05, 0.1) is 5.69 Å². The number of anilines is 2. The van der Waals surface area contributed by atoms with E-state index >= 15 is 0 Å². The fourth-order valence-corrected chi connectivity index (χ4v) is 2.00. The van der Waals surface area contributed by atoms with Crippen LogP contribution in [0.1, 0.15) is 24.0 Å². The minimum atomic E-state index is 0.719. The fraction of sp³-hybridized carbons (Fsp3) is 0.462. The van der Waals surface area contributed by atoms with Crippen molar-refractivity contribution in [2.24, 2.45) is 7.05 Å². The predicted molar refractivity (Wildman–Crippen MR) is 76.2 cm³/mol. The van der Waals surface area contributed by atoms with Crippen LogP contribution in [0.3, 0.4) is 0 Å². The second kappa shape index (κ2) is 5.69. The van der Waals surface area contributed by atoms with Crippen molar-refractivity contribution >= 4 is 11.6 Å².